The number of para-hydroxylation sites is 1. The predicted octanol–water partition coefficient (Wildman–Crippen LogP) is 3.72. The SMILES string of the molecule is COc1ccc(C(CC(=O)NC2CCc3ccccc3NC2=O)c2cc3c(cc2O)OCO3)cc1. The van der Waals surface area contributed by atoms with Gasteiger partial charge >= 0.3 is 0 Å². The maximum atomic E-state index is 13.2. The van der Waals surface area contributed by atoms with Crippen LogP contribution in [0.2, 0.25) is 0 Å². The molecular weight excluding hydrogens is 448 g/mol. The zero-order valence-corrected chi connectivity index (χ0v) is 19.2. The van der Waals surface area contributed by atoms with E-state index in [1.54, 1.807) is 25.3 Å². The average Bonchev–Trinajstić information content (AvgIpc) is 3.26. The van der Waals surface area contributed by atoms with Crippen LogP contribution in [-0.4, -0.2) is 36.9 Å². The number of aryl methyl sites for hydroxylation is 1. The Kier molecular flexibility index (Phi) is 6.18. The van der Waals surface area contributed by atoms with Crippen molar-refractivity contribution in [3.8, 4) is 23.0 Å². The lowest BCUT2D eigenvalue weighted by Crippen LogP contribution is -2.43. The molecule has 2 aliphatic rings. The summed E-state index contributed by atoms with van der Waals surface area (Å²) in [6, 6.07) is 17.5. The van der Waals surface area contributed by atoms with E-state index in [0.29, 0.717) is 35.7 Å². The van der Waals surface area contributed by atoms with E-state index < -0.39 is 12.0 Å². The van der Waals surface area contributed by atoms with E-state index in [4.69, 9.17) is 14.2 Å². The Balaban J connectivity index is 1.38. The molecule has 0 saturated carbocycles. The number of carbonyl (C=O) groups excluding carboxylic acids is 2. The van der Waals surface area contributed by atoms with E-state index in [0.717, 1.165) is 16.8 Å². The molecule has 5 rings (SSSR count). The van der Waals surface area contributed by atoms with E-state index >= 15 is 0 Å². The number of hydrogen-bond donors (Lipinski definition) is 3. The van der Waals surface area contributed by atoms with Crippen LogP contribution in [0.1, 0.15) is 35.4 Å². The minimum Gasteiger partial charge on any atom is -0.508 e. The molecule has 180 valence electrons. The number of ether oxygens (including phenoxy) is 3. The first-order valence-corrected chi connectivity index (χ1v) is 11.5. The van der Waals surface area contributed by atoms with Crippen LogP contribution >= 0.6 is 0 Å². The number of methoxy groups -OCH3 is 1. The molecule has 2 aliphatic heterocycles. The van der Waals surface area contributed by atoms with Gasteiger partial charge in [0.2, 0.25) is 18.6 Å². The van der Waals surface area contributed by atoms with Crippen LogP contribution in [0.25, 0.3) is 0 Å². The van der Waals surface area contributed by atoms with Crippen molar-refractivity contribution < 1.29 is 28.9 Å². The quantitative estimate of drug-likeness (QED) is 0.503. The molecule has 8 nitrogen and oxygen atoms in total. The molecule has 3 aromatic carbocycles. The second-order valence-electron chi connectivity index (χ2n) is 8.60. The second kappa shape index (κ2) is 9.58. The van der Waals surface area contributed by atoms with Crippen LogP contribution < -0.4 is 24.8 Å². The summed E-state index contributed by atoms with van der Waals surface area (Å²) in [6.07, 6.45) is 1.19. The standard InChI is InChI=1S/C27H26N2O6/c1-33-18-9-6-16(7-10-18)19(20-12-24-25(14-23(20)30)35-15-34-24)13-26(31)28-22-11-8-17-4-2-3-5-21(17)29-27(22)32/h2-7,9-10,12,14,19,22,30H,8,11,13,15H2,1H3,(H,28,31)(H,29,32). The lowest BCUT2D eigenvalue weighted by molar-refractivity contribution is -0.126. The highest BCUT2D eigenvalue weighted by atomic mass is 16.7. The van der Waals surface area contributed by atoms with Crippen molar-refractivity contribution in [1.29, 1.82) is 0 Å². The maximum Gasteiger partial charge on any atom is 0.246 e. The largest absolute Gasteiger partial charge is 0.508 e. The summed E-state index contributed by atoms with van der Waals surface area (Å²) < 4.78 is 16.1. The molecule has 3 N–H and O–H groups in total. The summed E-state index contributed by atoms with van der Waals surface area (Å²) in [5.41, 5.74) is 3.16. The number of fused-ring (bicyclic) bond motifs is 2. The van der Waals surface area contributed by atoms with Gasteiger partial charge in [0.25, 0.3) is 0 Å². The molecule has 0 fully saturated rings. The van der Waals surface area contributed by atoms with E-state index in [9.17, 15) is 14.7 Å². The lowest BCUT2D eigenvalue weighted by Gasteiger charge is -2.21. The molecule has 0 aliphatic carbocycles. The molecule has 8 heteroatoms. The van der Waals surface area contributed by atoms with Crippen molar-refractivity contribution in [3.05, 3.63) is 77.4 Å². The third-order valence-corrected chi connectivity index (χ3v) is 6.43. The van der Waals surface area contributed by atoms with Crippen LogP contribution in [0, 0.1) is 0 Å². The van der Waals surface area contributed by atoms with Crippen LogP contribution in [0.3, 0.4) is 0 Å². The number of rotatable bonds is 6. The third kappa shape index (κ3) is 4.73. The molecule has 0 spiro atoms. The van der Waals surface area contributed by atoms with Gasteiger partial charge in [-0.25, -0.2) is 0 Å². The van der Waals surface area contributed by atoms with Gasteiger partial charge in [-0.3, -0.25) is 9.59 Å². The van der Waals surface area contributed by atoms with Crippen LogP contribution in [0.15, 0.2) is 60.7 Å². The number of aromatic hydroxyl groups is 1. The second-order valence-corrected chi connectivity index (χ2v) is 8.60. The Morgan fingerprint density at radius 3 is 2.66 bits per heavy atom. The predicted molar refractivity (Wildman–Crippen MR) is 129 cm³/mol. The van der Waals surface area contributed by atoms with E-state index in [1.807, 2.05) is 36.4 Å². The van der Waals surface area contributed by atoms with Gasteiger partial charge in [-0.1, -0.05) is 30.3 Å². The van der Waals surface area contributed by atoms with Gasteiger partial charge in [-0.2, -0.15) is 0 Å². The van der Waals surface area contributed by atoms with Gasteiger partial charge in [-0.15, -0.1) is 0 Å². The van der Waals surface area contributed by atoms with E-state index in [1.165, 1.54) is 6.07 Å². The number of nitrogens with one attached hydrogen (secondary N) is 2. The van der Waals surface area contributed by atoms with Crippen molar-refractivity contribution in [2.24, 2.45) is 0 Å². The summed E-state index contributed by atoms with van der Waals surface area (Å²) in [5, 5.41) is 16.6. The van der Waals surface area contributed by atoms with Crippen molar-refractivity contribution in [1.82, 2.24) is 5.32 Å². The molecule has 0 saturated heterocycles. The summed E-state index contributed by atoms with van der Waals surface area (Å²) in [7, 11) is 1.58. The first-order chi connectivity index (χ1) is 17.0. The fraction of sp³-hybridized carbons (Fsp3) is 0.259. The number of phenolic OH excluding ortho intramolecular Hbond substituents is 1. The monoisotopic (exact) mass is 474 g/mol. The molecule has 0 aromatic heterocycles. The smallest absolute Gasteiger partial charge is 0.246 e. The van der Waals surface area contributed by atoms with Crippen molar-refractivity contribution >= 4 is 17.5 Å². The summed E-state index contributed by atoms with van der Waals surface area (Å²) in [4.78, 5) is 26.0. The molecule has 3 aromatic rings. The normalized spacial score (nSPS) is 17.1. The van der Waals surface area contributed by atoms with Gasteiger partial charge < -0.3 is 30.0 Å². The minimum absolute atomic E-state index is 0.00512. The summed E-state index contributed by atoms with van der Waals surface area (Å²) in [5.74, 6) is 0.634. The Morgan fingerprint density at radius 1 is 1.14 bits per heavy atom. The Labute approximate surface area is 202 Å². The topological polar surface area (TPSA) is 106 Å². The number of anilines is 1. The summed E-state index contributed by atoms with van der Waals surface area (Å²) >= 11 is 0. The highest BCUT2D eigenvalue weighted by Gasteiger charge is 2.29. The van der Waals surface area contributed by atoms with Crippen LogP contribution in [0.4, 0.5) is 5.69 Å². The summed E-state index contributed by atoms with van der Waals surface area (Å²) in [6.45, 7) is 0.0745. The van der Waals surface area contributed by atoms with Crippen molar-refractivity contribution in [2.75, 3.05) is 19.2 Å². The van der Waals surface area contributed by atoms with Crippen LogP contribution in [-0.2, 0) is 16.0 Å². The molecule has 0 radical (unpaired) electrons. The highest BCUT2D eigenvalue weighted by Crippen LogP contribution is 2.43. The Bertz CT molecular complexity index is 1260. The molecule has 2 amide bonds. The van der Waals surface area contributed by atoms with E-state index in [-0.39, 0.29) is 30.8 Å². The highest BCUT2D eigenvalue weighted by molar-refractivity contribution is 5.98. The fourth-order valence-corrected chi connectivity index (χ4v) is 4.56. The first kappa shape index (κ1) is 22.6. The molecular formula is C27H26N2O6. The number of carbonyl (C=O) groups is 2. The van der Waals surface area contributed by atoms with Crippen LogP contribution in [0.5, 0.6) is 23.0 Å². The van der Waals surface area contributed by atoms with E-state index in [2.05, 4.69) is 10.6 Å². The fourth-order valence-electron chi connectivity index (χ4n) is 4.56. The van der Waals surface area contributed by atoms with Crippen molar-refractivity contribution in [3.63, 3.8) is 0 Å². The van der Waals surface area contributed by atoms with Gasteiger partial charge in [0.05, 0.1) is 7.11 Å². The Morgan fingerprint density at radius 2 is 1.89 bits per heavy atom. The van der Waals surface area contributed by atoms with Gasteiger partial charge in [0.1, 0.15) is 17.5 Å². The van der Waals surface area contributed by atoms with Gasteiger partial charge in [-0.05, 0) is 48.2 Å². The zero-order valence-electron chi connectivity index (χ0n) is 19.2. The lowest BCUT2D eigenvalue weighted by atomic mass is 9.87. The molecule has 2 unspecified atom stereocenters. The van der Waals surface area contributed by atoms with Crippen molar-refractivity contribution in [2.45, 2.75) is 31.2 Å². The average molecular weight is 475 g/mol. The Hall–Kier alpha value is -4.20. The third-order valence-electron chi connectivity index (χ3n) is 6.43. The minimum atomic E-state index is -0.656. The number of amides is 2. The molecule has 2 atom stereocenters. The number of hydrogen-bond acceptors (Lipinski definition) is 6. The maximum absolute atomic E-state index is 13.2. The van der Waals surface area contributed by atoms with Gasteiger partial charge in [0.15, 0.2) is 11.5 Å². The zero-order chi connectivity index (χ0) is 24.4. The van der Waals surface area contributed by atoms with Gasteiger partial charge in [0, 0.05) is 29.7 Å². The molecule has 2 heterocycles. The number of phenols is 1. The molecule has 0 bridgehead atoms. The first-order valence-electron chi connectivity index (χ1n) is 11.5. The molecule has 35 heavy (non-hydrogen) atoms. The number of benzene rings is 3.